The summed E-state index contributed by atoms with van der Waals surface area (Å²) in [5.41, 5.74) is 1.13. The maximum absolute atomic E-state index is 5.73. The Labute approximate surface area is 139 Å². The fourth-order valence-electron chi connectivity index (χ4n) is 2.55. The molecule has 1 aliphatic rings. The van der Waals surface area contributed by atoms with Gasteiger partial charge in [0.25, 0.3) is 0 Å². The maximum atomic E-state index is 5.73. The Kier molecular flexibility index (Phi) is 8.14. The summed E-state index contributed by atoms with van der Waals surface area (Å²) in [4.78, 5) is 9.05. The number of pyridine rings is 1. The minimum absolute atomic E-state index is 0.528. The van der Waals surface area contributed by atoms with Crippen LogP contribution in [0.3, 0.4) is 0 Å². The van der Waals surface area contributed by atoms with Crippen LogP contribution in [-0.2, 0) is 9.47 Å². The van der Waals surface area contributed by atoms with Crippen molar-refractivity contribution in [3.05, 3.63) is 18.5 Å². The molecule has 1 saturated heterocycles. The standard InChI is InChI=1S/C17H29N3O3/c1-3-21-9-10-22-11-12-23-17-13-16(14-18-15-17)20-6-4-5-19(2)7-8-20/h13-15H,3-12H2,1-2H3. The van der Waals surface area contributed by atoms with Crippen LogP contribution in [0, 0.1) is 0 Å². The van der Waals surface area contributed by atoms with Crippen LogP contribution in [0.15, 0.2) is 18.5 Å². The highest BCUT2D eigenvalue weighted by atomic mass is 16.5. The van der Waals surface area contributed by atoms with Gasteiger partial charge < -0.3 is 24.0 Å². The summed E-state index contributed by atoms with van der Waals surface area (Å²) in [5, 5.41) is 0. The van der Waals surface area contributed by atoms with Crippen LogP contribution in [0.5, 0.6) is 5.75 Å². The van der Waals surface area contributed by atoms with E-state index in [1.807, 2.05) is 13.1 Å². The van der Waals surface area contributed by atoms with Gasteiger partial charge in [0, 0.05) is 32.3 Å². The van der Waals surface area contributed by atoms with Crippen LogP contribution in [0.25, 0.3) is 0 Å². The van der Waals surface area contributed by atoms with E-state index in [0.717, 1.165) is 44.2 Å². The minimum atomic E-state index is 0.528. The molecule has 1 aromatic heterocycles. The maximum Gasteiger partial charge on any atom is 0.139 e. The molecule has 0 bridgehead atoms. The summed E-state index contributed by atoms with van der Waals surface area (Å²) < 4.78 is 16.4. The predicted molar refractivity (Wildman–Crippen MR) is 91.4 cm³/mol. The number of nitrogens with zero attached hydrogens (tertiary/aromatic N) is 3. The Bertz CT molecular complexity index is 445. The molecular formula is C17H29N3O3. The molecule has 130 valence electrons. The molecule has 6 heteroatoms. The van der Waals surface area contributed by atoms with E-state index in [4.69, 9.17) is 14.2 Å². The molecule has 23 heavy (non-hydrogen) atoms. The second-order valence-corrected chi connectivity index (χ2v) is 5.68. The van der Waals surface area contributed by atoms with Crippen LogP contribution < -0.4 is 9.64 Å². The highest BCUT2D eigenvalue weighted by molar-refractivity contribution is 5.48. The Morgan fingerprint density at radius 1 is 1.00 bits per heavy atom. The molecule has 0 aromatic carbocycles. The molecule has 1 fully saturated rings. The molecule has 0 spiro atoms. The number of rotatable bonds is 9. The van der Waals surface area contributed by atoms with Crippen LogP contribution in [0.4, 0.5) is 5.69 Å². The summed E-state index contributed by atoms with van der Waals surface area (Å²) in [6.45, 7) is 9.37. The van der Waals surface area contributed by atoms with Gasteiger partial charge in [-0.25, -0.2) is 0 Å². The molecule has 0 atom stereocenters. The fraction of sp³-hybridized carbons (Fsp3) is 0.706. The molecule has 0 N–H and O–H groups in total. The lowest BCUT2D eigenvalue weighted by atomic mass is 10.3. The molecule has 0 radical (unpaired) electrons. The summed E-state index contributed by atoms with van der Waals surface area (Å²) in [6, 6.07) is 2.07. The van der Waals surface area contributed by atoms with Gasteiger partial charge in [0.2, 0.25) is 0 Å². The van der Waals surface area contributed by atoms with Crippen molar-refractivity contribution in [2.45, 2.75) is 13.3 Å². The lowest BCUT2D eigenvalue weighted by Gasteiger charge is -2.22. The second kappa shape index (κ2) is 10.4. The smallest absolute Gasteiger partial charge is 0.139 e. The van der Waals surface area contributed by atoms with Crippen molar-refractivity contribution in [1.29, 1.82) is 0 Å². The van der Waals surface area contributed by atoms with Crippen molar-refractivity contribution in [3.63, 3.8) is 0 Å². The monoisotopic (exact) mass is 323 g/mol. The number of aromatic nitrogens is 1. The van der Waals surface area contributed by atoms with Crippen LogP contribution in [0.1, 0.15) is 13.3 Å². The van der Waals surface area contributed by atoms with E-state index < -0.39 is 0 Å². The van der Waals surface area contributed by atoms with Crippen molar-refractivity contribution in [1.82, 2.24) is 9.88 Å². The summed E-state index contributed by atoms with van der Waals surface area (Å²) in [6.07, 6.45) is 4.85. The third-order valence-corrected chi connectivity index (χ3v) is 3.86. The topological polar surface area (TPSA) is 47.1 Å². The first-order valence-electron chi connectivity index (χ1n) is 8.46. The molecule has 1 aromatic rings. The summed E-state index contributed by atoms with van der Waals surface area (Å²) in [5.74, 6) is 0.800. The van der Waals surface area contributed by atoms with E-state index >= 15 is 0 Å². The van der Waals surface area contributed by atoms with Gasteiger partial charge in [-0.1, -0.05) is 0 Å². The van der Waals surface area contributed by atoms with Crippen molar-refractivity contribution in [3.8, 4) is 5.75 Å². The Morgan fingerprint density at radius 2 is 1.83 bits per heavy atom. The SMILES string of the molecule is CCOCCOCCOc1cncc(N2CCCN(C)CC2)c1. The summed E-state index contributed by atoms with van der Waals surface area (Å²) >= 11 is 0. The van der Waals surface area contributed by atoms with Gasteiger partial charge >= 0.3 is 0 Å². The molecule has 2 rings (SSSR count). The van der Waals surface area contributed by atoms with E-state index in [2.05, 4.69) is 27.9 Å². The zero-order chi connectivity index (χ0) is 16.3. The van der Waals surface area contributed by atoms with E-state index in [0.29, 0.717) is 26.4 Å². The predicted octanol–water partition coefficient (Wildman–Crippen LogP) is 1.66. The average molecular weight is 323 g/mol. The first kappa shape index (κ1) is 18.0. The zero-order valence-corrected chi connectivity index (χ0v) is 14.4. The van der Waals surface area contributed by atoms with Crippen molar-refractivity contribution in [2.75, 3.05) is 71.2 Å². The van der Waals surface area contributed by atoms with Gasteiger partial charge in [-0.15, -0.1) is 0 Å². The number of anilines is 1. The van der Waals surface area contributed by atoms with Gasteiger partial charge in [-0.3, -0.25) is 4.98 Å². The number of likely N-dealkylation sites (N-methyl/N-ethyl adjacent to an activating group) is 1. The van der Waals surface area contributed by atoms with Crippen molar-refractivity contribution >= 4 is 5.69 Å². The second-order valence-electron chi connectivity index (χ2n) is 5.68. The average Bonchev–Trinajstić information content (AvgIpc) is 2.79. The zero-order valence-electron chi connectivity index (χ0n) is 14.4. The molecule has 0 amide bonds. The van der Waals surface area contributed by atoms with Crippen LogP contribution in [-0.4, -0.2) is 76.1 Å². The molecule has 2 heterocycles. The molecule has 6 nitrogen and oxygen atoms in total. The van der Waals surface area contributed by atoms with Crippen LogP contribution >= 0.6 is 0 Å². The van der Waals surface area contributed by atoms with Gasteiger partial charge in [0.15, 0.2) is 0 Å². The quantitative estimate of drug-likeness (QED) is 0.644. The van der Waals surface area contributed by atoms with Gasteiger partial charge in [-0.05, 0) is 26.9 Å². The molecule has 0 saturated carbocycles. The molecule has 1 aliphatic heterocycles. The van der Waals surface area contributed by atoms with Crippen molar-refractivity contribution < 1.29 is 14.2 Å². The van der Waals surface area contributed by atoms with Crippen LogP contribution in [0.2, 0.25) is 0 Å². The number of hydrogen-bond donors (Lipinski definition) is 0. The molecule has 0 aliphatic carbocycles. The third kappa shape index (κ3) is 6.72. The minimum Gasteiger partial charge on any atom is -0.489 e. The van der Waals surface area contributed by atoms with Crippen molar-refractivity contribution in [2.24, 2.45) is 0 Å². The van der Waals surface area contributed by atoms with Gasteiger partial charge in [0.05, 0.1) is 37.9 Å². The summed E-state index contributed by atoms with van der Waals surface area (Å²) in [7, 11) is 2.17. The highest BCUT2D eigenvalue weighted by Crippen LogP contribution is 2.20. The number of hydrogen-bond acceptors (Lipinski definition) is 6. The van der Waals surface area contributed by atoms with E-state index in [-0.39, 0.29) is 0 Å². The Balaban J connectivity index is 1.73. The highest BCUT2D eigenvalue weighted by Gasteiger charge is 2.13. The molecular weight excluding hydrogens is 294 g/mol. The van der Waals surface area contributed by atoms with E-state index in [1.54, 1.807) is 6.20 Å². The van der Waals surface area contributed by atoms with E-state index in [9.17, 15) is 0 Å². The first-order chi connectivity index (χ1) is 11.3. The van der Waals surface area contributed by atoms with E-state index in [1.165, 1.54) is 6.42 Å². The largest absolute Gasteiger partial charge is 0.489 e. The molecule has 0 unspecified atom stereocenters. The lowest BCUT2D eigenvalue weighted by molar-refractivity contribution is 0.0404. The van der Waals surface area contributed by atoms with Gasteiger partial charge in [-0.2, -0.15) is 0 Å². The first-order valence-corrected chi connectivity index (χ1v) is 8.46. The number of ether oxygens (including phenoxy) is 3. The third-order valence-electron chi connectivity index (χ3n) is 3.86. The van der Waals surface area contributed by atoms with Gasteiger partial charge in [0.1, 0.15) is 12.4 Å². The normalized spacial score (nSPS) is 16.3. The lowest BCUT2D eigenvalue weighted by Crippen LogP contribution is -2.28. The Morgan fingerprint density at radius 3 is 2.70 bits per heavy atom. The fourth-order valence-corrected chi connectivity index (χ4v) is 2.55. The Hall–Kier alpha value is -1.37.